The summed E-state index contributed by atoms with van der Waals surface area (Å²) in [5.74, 6) is -0.175. The van der Waals surface area contributed by atoms with Gasteiger partial charge in [-0.3, -0.25) is 4.79 Å². The molecule has 0 bridgehead atoms. The van der Waals surface area contributed by atoms with Crippen molar-refractivity contribution in [3.63, 3.8) is 0 Å². The molecule has 106 valence electrons. The van der Waals surface area contributed by atoms with E-state index in [4.69, 9.17) is 4.74 Å². The van der Waals surface area contributed by atoms with Crippen LogP contribution in [0.25, 0.3) is 21.2 Å². The summed E-state index contributed by atoms with van der Waals surface area (Å²) in [7, 11) is 0. The largest absolute Gasteiger partial charge is 0.466 e. The van der Waals surface area contributed by atoms with E-state index in [9.17, 15) is 4.79 Å². The first kappa shape index (κ1) is 13.8. The molecule has 0 amide bonds. The Labute approximate surface area is 128 Å². The highest BCUT2D eigenvalue weighted by Crippen LogP contribution is 2.33. The Balaban J connectivity index is 2.08. The van der Waals surface area contributed by atoms with Crippen LogP contribution in [0.15, 0.2) is 53.9 Å². The van der Waals surface area contributed by atoms with Crippen molar-refractivity contribution in [3.05, 3.63) is 59.5 Å². The molecule has 1 aromatic heterocycles. The molecule has 0 spiro atoms. The number of esters is 1. The first-order chi connectivity index (χ1) is 10.3. The number of fused-ring (bicyclic) bond motifs is 1. The lowest BCUT2D eigenvalue weighted by Crippen LogP contribution is -2.07. The fraction of sp³-hybridized carbons (Fsp3) is 0.167. The van der Waals surface area contributed by atoms with Gasteiger partial charge in [0.1, 0.15) is 0 Å². The van der Waals surface area contributed by atoms with E-state index in [1.165, 1.54) is 15.8 Å². The number of rotatable bonds is 4. The zero-order valence-electron chi connectivity index (χ0n) is 11.8. The molecule has 1 heterocycles. The van der Waals surface area contributed by atoms with E-state index in [0.717, 1.165) is 10.9 Å². The van der Waals surface area contributed by atoms with Gasteiger partial charge < -0.3 is 4.74 Å². The molecule has 3 aromatic rings. The minimum absolute atomic E-state index is 0.175. The van der Waals surface area contributed by atoms with Gasteiger partial charge >= 0.3 is 5.97 Å². The SMILES string of the molecule is CCOC(=O)Cc1cccc2c(-c3cccs3)cccc12. The van der Waals surface area contributed by atoms with Gasteiger partial charge in [0.05, 0.1) is 13.0 Å². The highest BCUT2D eigenvalue weighted by Gasteiger charge is 2.10. The van der Waals surface area contributed by atoms with E-state index in [2.05, 4.69) is 35.7 Å². The van der Waals surface area contributed by atoms with Crippen LogP contribution in [-0.2, 0) is 16.0 Å². The smallest absolute Gasteiger partial charge is 0.310 e. The summed E-state index contributed by atoms with van der Waals surface area (Å²) >= 11 is 1.73. The van der Waals surface area contributed by atoms with E-state index in [1.54, 1.807) is 11.3 Å². The Bertz CT molecular complexity index is 760. The second-order valence-electron chi connectivity index (χ2n) is 4.78. The van der Waals surface area contributed by atoms with Gasteiger partial charge in [-0.25, -0.2) is 0 Å². The zero-order chi connectivity index (χ0) is 14.7. The summed E-state index contributed by atoms with van der Waals surface area (Å²) in [6.07, 6.45) is 0.319. The van der Waals surface area contributed by atoms with Crippen molar-refractivity contribution in [2.45, 2.75) is 13.3 Å². The number of carbonyl (C=O) groups excluding carboxylic acids is 1. The van der Waals surface area contributed by atoms with Gasteiger partial charge in [0.2, 0.25) is 0 Å². The van der Waals surface area contributed by atoms with Crippen LogP contribution in [0.4, 0.5) is 0 Å². The minimum atomic E-state index is -0.175. The third kappa shape index (κ3) is 2.83. The van der Waals surface area contributed by atoms with Crippen LogP contribution >= 0.6 is 11.3 Å². The third-order valence-corrected chi connectivity index (χ3v) is 4.34. The number of ether oxygens (including phenoxy) is 1. The quantitative estimate of drug-likeness (QED) is 0.654. The van der Waals surface area contributed by atoms with E-state index in [0.29, 0.717) is 13.0 Å². The van der Waals surface area contributed by atoms with Gasteiger partial charge in [0, 0.05) is 4.88 Å². The van der Waals surface area contributed by atoms with Gasteiger partial charge in [-0.2, -0.15) is 0 Å². The van der Waals surface area contributed by atoms with Gasteiger partial charge in [-0.15, -0.1) is 11.3 Å². The molecule has 0 saturated carbocycles. The summed E-state index contributed by atoms with van der Waals surface area (Å²) in [5, 5.41) is 4.38. The molecule has 0 saturated heterocycles. The lowest BCUT2D eigenvalue weighted by Gasteiger charge is -2.09. The van der Waals surface area contributed by atoms with E-state index in [-0.39, 0.29) is 5.97 Å². The number of benzene rings is 2. The number of hydrogen-bond acceptors (Lipinski definition) is 3. The average molecular weight is 296 g/mol. The maximum absolute atomic E-state index is 11.7. The summed E-state index contributed by atoms with van der Waals surface area (Å²) in [5.41, 5.74) is 2.23. The Morgan fingerprint density at radius 3 is 2.62 bits per heavy atom. The molecule has 0 aliphatic rings. The number of carbonyl (C=O) groups is 1. The fourth-order valence-electron chi connectivity index (χ4n) is 2.54. The summed E-state index contributed by atoms with van der Waals surface area (Å²) in [4.78, 5) is 13.0. The van der Waals surface area contributed by atoms with Crippen molar-refractivity contribution in [3.8, 4) is 10.4 Å². The number of thiophene rings is 1. The van der Waals surface area contributed by atoms with Gasteiger partial charge in [-0.1, -0.05) is 42.5 Å². The highest BCUT2D eigenvalue weighted by molar-refractivity contribution is 7.13. The molecule has 0 atom stereocenters. The Morgan fingerprint density at radius 1 is 1.05 bits per heavy atom. The topological polar surface area (TPSA) is 26.3 Å². The third-order valence-electron chi connectivity index (χ3n) is 3.44. The van der Waals surface area contributed by atoms with E-state index in [1.807, 2.05) is 25.1 Å². The van der Waals surface area contributed by atoms with Crippen molar-refractivity contribution in [1.82, 2.24) is 0 Å². The maximum Gasteiger partial charge on any atom is 0.310 e. The van der Waals surface area contributed by atoms with Gasteiger partial charge in [-0.05, 0) is 40.3 Å². The Morgan fingerprint density at radius 2 is 1.86 bits per heavy atom. The normalized spacial score (nSPS) is 10.7. The van der Waals surface area contributed by atoms with Crippen LogP contribution in [0.2, 0.25) is 0 Å². The molecule has 21 heavy (non-hydrogen) atoms. The first-order valence-electron chi connectivity index (χ1n) is 6.99. The summed E-state index contributed by atoms with van der Waals surface area (Å²) in [6, 6.07) is 16.5. The number of hydrogen-bond donors (Lipinski definition) is 0. The lowest BCUT2D eigenvalue weighted by atomic mass is 9.98. The zero-order valence-corrected chi connectivity index (χ0v) is 12.7. The molecular formula is C18H16O2S. The molecular weight excluding hydrogens is 280 g/mol. The van der Waals surface area contributed by atoms with Gasteiger partial charge in [0.25, 0.3) is 0 Å². The van der Waals surface area contributed by atoms with Gasteiger partial charge in [0.15, 0.2) is 0 Å². The molecule has 0 unspecified atom stereocenters. The second-order valence-corrected chi connectivity index (χ2v) is 5.72. The maximum atomic E-state index is 11.7. The molecule has 3 rings (SSSR count). The lowest BCUT2D eigenvalue weighted by molar-refractivity contribution is -0.142. The van der Waals surface area contributed by atoms with Crippen LogP contribution in [0, 0.1) is 0 Å². The van der Waals surface area contributed by atoms with Crippen LogP contribution in [-0.4, -0.2) is 12.6 Å². The predicted molar refractivity (Wildman–Crippen MR) is 87.6 cm³/mol. The molecule has 3 heteroatoms. The molecule has 0 aliphatic carbocycles. The second kappa shape index (κ2) is 6.10. The molecule has 0 radical (unpaired) electrons. The first-order valence-corrected chi connectivity index (χ1v) is 7.87. The highest BCUT2D eigenvalue weighted by atomic mass is 32.1. The van der Waals surface area contributed by atoms with Crippen LogP contribution in [0.5, 0.6) is 0 Å². The van der Waals surface area contributed by atoms with E-state index < -0.39 is 0 Å². The molecule has 2 aromatic carbocycles. The van der Waals surface area contributed by atoms with Crippen molar-refractivity contribution in [1.29, 1.82) is 0 Å². The minimum Gasteiger partial charge on any atom is -0.466 e. The van der Waals surface area contributed by atoms with Crippen LogP contribution < -0.4 is 0 Å². The summed E-state index contributed by atoms with van der Waals surface area (Å²) < 4.78 is 5.06. The summed E-state index contributed by atoms with van der Waals surface area (Å²) in [6.45, 7) is 2.25. The van der Waals surface area contributed by atoms with E-state index >= 15 is 0 Å². The van der Waals surface area contributed by atoms with Crippen LogP contribution in [0.3, 0.4) is 0 Å². The molecule has 0 N–H and O–H groups in total. The van der Waals surface area contributed by atoms with Crippen LogP contribution in [0.1, 0.15) is 12.5 Å². The van der Waals surface area contributed by atoms with Crippen molar-refractivity contribution in [2.75, 3.05) is 6.61 Å². The van der Waals surface area contributed by atoms with Crippen molar-refractivity contribution >= 4 is 28.1 Å². The molecule has 0 aliphatic heterocycles. The Hall–Kier alpha value is -2.13. The molecule has 0 fully saturated rings. The van der Waals surface area contributed by atoms with Crippen molar-refractivity contribution in [2.24, 2.45) is 0 Å². The molecule has 2 nitrogen and oxygen atoms in total. The fourth-order valence-corrected chi connectivity index (χ4v) is 3.31. The van der Waals surface area contributed by atoms with Crippen molar-refractivity contribution < 1.29 is 9.53 Å². The predicted octanol–water partition coefficient (Wildman–Crippen LogP) is 4.67. The average Bonchev–Trinajstić information content (AvgIpc) is 3.01. The monoisotopic (exact) mass is 296 g/mol. The Kier molecular flexibility index (Phi) is 4.02. The standard InChI is InChI=1S/C18H16O2S/c1-2-20-18(19)12-13-6-3-8-15-14(13)7-4-9-16(15)17-10-5-11-21-17/h3-11H,2,12H2,1H3.